The molecule has 1 aliphatic rings. The number of rotatable bonds is 14. The number of carbonyl (C=O) groups excluding carboxylic acids is 8. The lowest BCUT2D eigenvalue weighted by molar-refractivity contribution is -0.157. The molecular formula is C47H66N8O11. The largest absolute Gasteiger partial charge is 0.508 e. The van der Waals surface area contributed by atoms with Crippen LogP contribution in [0.1, 0.15) is 98.2 Å². The quantitative estimate of drug-likeness (QED) is 0.104. The molecule has 1 aliphatic heterocycles. The van der Waals surface area contributed by atoms with Crippen molar-refractivity contribution in [2.75, 3.05) is 6.54 Å². The van der Waals surface area contributed by atoms with Gasteiger partial charge in [-0.1, -0.05) is 84.7 Å². The molecule has 1 saturated heterocycles. The highest BCUT2D eigenvalue weighted by atomic mass is 16.5. The van der Waals surface area contributed by atoms with Crippen molar-refractivity contribution in [3.8, 4) is 5.75 Å². The fraction of sp³-hybridized carbons (Fsp3) is 0.532. The van der Waals surface area contributed by atoms with Gasteiger partial charge in [0.25, 0.3) is 0 Å². The number of ether oxygens (including phenoxy) is 1. The minimum Gasteiger partial charge on any atom is -0.508 e. The van der Waals surface area contributed by atoms with E-state index >= 15 is 0 Å². The van der Waals surface area contributed by atoms with Gasteiger partial charge in [-0.05, 0) is 61.8 Å². The van der Waals surface area contributed by atoms with Gasteiger partial charge in [0.2, 0.25) is 41.4 Å². The molecule has 360 valence electrons. The van der Waals surface area contributed by atoms with Crippen LogP contribution in [0.15, 0.2) is 54.7 Å². The summed E-state index contributed by atoms with van der Waals surface area (Å²) in [5.74, 6) is -7.58. The number of amides is 7. The van der Waals surface area contributed by atoms with E-state index in [0.717, 1.165) is 6.42 Å². The number of hydrogen-bond donors (Lipinski definition) is 10. The number of aromatic amines is 1. The van der Waals surface area contributed by atoms with E-state index in [1.165, 1.54) is 44.3 Å². The van der Waals surface area contributed by atoms with Crippen molar-refractivity contribution in [2.24, 2.45) is 17.8 Å². The number of para-hydroxylation sites is 1. The topological polar surface area (TPSA) is 286 Å². The van der Waals surface area contributed by atoms with Crippen LogP contribution >= 0.6 is 0 Å². The number of carbonyl (C=O) groups is 8. The second-order valence-corrected chi connectivity index (χ2v) is 17.7. The highest BCUT2D eigenvalue weighted by Crippen LogP contribution is 2.25. The number of H-pyrrole nitrogens is 1. The van der Waals surface area contributed by atoms with Crippen molar-refractivity contribution in [2.45, 2.75) is 136 Å². The first-order valence-corrected chi connectivity index (χ1v) is 22.5. The van der Waals surface area contributed by atoms with Gasteiger partial charge in [0.15, 0.2) is 0 Å². The molecule has 7 amide bonds. The third kappa shape index (κ3) is 14.5. The lowest BCUT2D eigenvalue weighted by Crippen LogP contribution is -2.61. The van der Waals surface area contributed by atoms with Crippen LogP contribution in [0, 0.1) is 17.8 Å². The van der Waals surface area contributed by atoms with Gasteiger partial charge in [0.1, 0.15) is 48.1 Å². The highest BCUT2D eigenvalue weighted by molar-refractivity contribution is 6.00. The number of aromatic hydroxyl groups is 1. The average molecular weight is 919 g/mol. The van der Waals surface area contributed by atoms with E-state index in [-0.39, 0.29) is 24.2 Å². The maximum Gasteiger partial charge on any atom is 0.329 e. The maximum absolute atomic E-state index is 14.7. The lowest BCUT2D eigenvalue weighted by atomic mass is 9.96. The number of aliphatic hydroxyl groups is 1. The van der Waals surface area contributed by atoms with Gasteiger partial charge in [0, 0.05) is 35.5 Å². The first kappa shape index (κ1) is 52.1. The molecule has 1 fully saturated rings. The number of nitrogens with one attached hydrogen (secondary N) is 8. The Balaban J connectivity index is 1.84. The Morgan fingerprint density at radius 2 is 1.39 bits per heavy atom. The minimum atomic E-state index is -1.69. The number of aliphatic hydroxyl groups excluding tert-OH is 1. The van der Waals surface area contributed by atoms with Gasteiger partial charge < -0.3 is 57.2 Å². The number of esters is 1. The van der Waals surface area contributed by atoms with Crippen LogP contribution in [-0.2, 0) is 49.5 Å². The normalized spacial score (nSPS) is 23.8. The van der Waals surface area contributed by atoms with Crippen LogP contribution in [0.3, 0.4) is 0 Å². The van der Waals surface area contributed by atoms with Crippen LogP contribution in [0.5, 0.6) is 5.75 Å². The molecule has 5 unspecified atom stereocenters. The number of phenolic OH excluding ortho intramolecular Hbond substituents is 1. The molecule has 2 heterocycles. The predicted octanol–water partition coefficient (Wildman–Crippen LogP) is 1.67. The number of benzene rings is 2. The Morgan fingerprint density at radius 1 is 0.758 bits per heavy atom. The van der Waals surface area contributed by atoms with Crippen LogP contribution in [0.25, 0.3) is 10.9 Å². The fourth-order valence-corrected chi connectivity index (χ4v) is 7.41. The fourth-order valence-electron chi connectivity index (χ4n) is 7.41. The zero-order valence-corrected chi connectivity index (χ0v) is 38.9. The summed E-state index contributed by atoms with van der Waals surface area (Å²) >= 11 is 0. The van der Waals surface area contributed by atoms with E-state index in [1.807, 2.05) is 13.8 Å². The Morgan fingerprint density at radius 3 is 2.03 bits per heavy atom. The molecule has 0 spiro atoms. The molecule has 19 heteroatoms. The number of aromatic nitrogens is 1. The Kier molecular flexibility index (Phi) is 19.1. The summed E-state index contributed by atoms with van der Waals surface area (Å²) in [6.07, 6.45) is 0.232. The van der Waals surface area contributed by atoms with Crippen LogP contribution in [-0.4, -0.2) is 111 Å². The predicted molar refractivity (Wildman–Crippen MR) is 244 cm³/mol. The monoisotopic (exact) mass is 918 g/mol. The highest BCUT2D eigenvalue weighted by Gasteiger charge is 2.40. The van der Waals surface area contributed by atoms with Crippen LogP contribution in [0.4, 0.5) is 0 Å². The third-order valence-corrected chi connectivity index (χ3v) is 11.6. The molecule has 0 aliphatic carbocycles. The van der Waals surface area contributed by atoms with Crippen LogP contribution in [0.2, 0.25) is 0 Å². The van der Waals surface area contributed by atoms with E-state index in [9.17, 15) is 48.6 Å². The molecule has 0 radical (unpaired) electrons. The summed E-state index contributed by atoms with van der Waals surface area (Å²) < 4.78 is 5.81. The van der Waals surface area contributed by atoms with Gasteiger partial charge in [-0.15, -0.1) is 0 Å². The van der Waals surface area contributed by atoms with Gasteiger partial charge >= 0.3 is 5.97 Å². The number of cyclic esters (lactones) is 1. The van der Waals surface area contributed by atoms with Crippen molar-refractivity contribution in [3.05, 3.63) is 65.9 Å². The molecule has 66 heavy (non-hydrogen) atoms. The first-order valence-electron chi connectivity index (χ1n) is 22.5. The average Bonchev–Trinajstić information content (AvgIpc) is 3.69. The standard InChI is InChI=1S/C47H66N8O11/c1-9-26(6)38-43(61)52-37(25(4)5)47(65)66-28(8)40(51-36(59)23-49-35(58)16-12-13-24(2)3)45(63)50-34(21-29-17-19-30(57)20-18-29)42(60)55-41(32-22-48-33-15-11-10-14-31(32)33)46(64)54-39(27(7)56)44(62)53-38/h10-11,14-15,17-20,22,24-28,34,37-41,48,56-57H,9,12-13,16,21,23H2,1-8H3,(H,49,58)(H,50,63)(H,51,59)(H,52,61)(H,53,62)(H,54,64)(H,55,60)/t26-,27?,28?,34+,37?,38-,39?,40?,41+/m0/s1. The molecule has 2 aromatic carbocycles. The molecule has 0 saturated carbocycles. The Labute approximate surface area is 384 Å². The number of hydrogen-bond acceptors (Lipinski definition) is 11. The summed E-state index contributed by atoms with van der Waals surface area (Å²) in [6, 6.07) is 3.65. The third-order valence-electron chi connectivity index (χ3n) is 11.6. The molecule has 1 aromatic heterocycles. The van der Waals surface area contributed by atoms with Crippen LogP contribution < -0.4 is 37.2 Å². The first-order chi connectivity index (χ1) is 31.2. The Bertz CT molecular complexity index is 2190. The zero-order valence-electron chi connectivity index (χ0n) is 38.9. The number of phenols is 1. The lowest BCUT2D eigenvalue weighted by Gasteiger charge is -2.31. The van der Waals surface area contributed by atoms with Crippen molar-refractivity contribution in [3.63, 3.8) is 0 Å². The SMILES string of the molecule is CC[C@H](C)[C@@H]1NC(=O)C(C(C)O)NC(=O)[C@@H](c2c[nH]c3ccccc23)NC(=O)[C@@H](Cc2ccc(O)cc2)NC(=O)C(NC(=O)CNC(=O)CCCC(C)C)C(C)OC(=O)C(C(C)C)NC1=O. The van der Waals surface area contributed by atoms with E-state index in [0.29, 0.717) is 35.2 Å². The van der Waals surface area contributed by atoms with Gasteiger partial charge in [-0.25, -0.2) is 4.79 Å². The minimum absolute atomic E-state index is 0.0719. The molecule has 19 nitrogen and oxygen atoms in total. The summed E-state index contributed by atoms with van der Waals surface area (Å²) in [6.45, 7) is 12.9. The van der Waals surface area contributed by atoms with Crippen molar-refractivity contribution in [1.82, 2.24) is 42.2 Å². The second kappa shape index (κ2) is 24.1. The van der Waals surface area contributed by atoms with E-state index in [1.54, 1.807) is 52.0 Å². The molecular weight excluding hydrogens is 853 g/mol. The number of fused-ring (bicyclic) bond motifs is 1. The van der Waals surface area contributed by atoms with E-state index < -0.39 is 114 Å². The van der Waals surface area contributed by atoms with Crippen molar-refractivity contribution >= 4 is 58.2 Å². The van der Waals surface area contributed by atoms with Crippen molar-refractivity contribution in [1.29, 1.82) is 0 Å². The Hall–Kier alpha value is -6.50. The van der Waals surface area contributed by atoms with Crippen molar-refractivity contribution < 1.29 is 53.3 Å². The zero-order chi connectivity index (χ0) is 48.8. The molecule has 3 aromatic rings. The summed E-state index contributed by atoms with van der Waals surface area (Å²) in [4.78, 5) is 115. The second-order valence-electron chi connectivity index (χ2n) is 17.7. The summed E-state index contributed by atoms with van der Waals surface area (Å²) in [5, 5.41) is 39.7. The molecule has 4 rings (SSSR count). The molecule has 0 bridgehead atoms. The maximum atomic E-state index is 14.7. The van der Waals surface area contributed by atoms with Gasteiger partial charge in [0.05, 0.1) is 12.6 Å². The van der Waals surface area contributed by atoms with Gasteiger partial charge in [-0.2, -0.15) is 0 Å². The summed E-state index contributed by atoms with van der Waals surface area (Å²) in [7, 11) is 0. The smallest absolute Gasteiger partial charge is 0.329 e. The molecule has 10 N–H and O–H groups in total. The summed E-state index contributed by atoms with van der Waals surface area (Å²) in [5.41, 5.74) is 1.31. The van der Waals surface area contributed by atoms with E-state index in [4.69, 9.17) is 4.74 Å². The van der Waals surface area contributed by atoms with Gasteiger partial charge in [-0.3, -0.25) is 33.6 Å². The van der Waals surface area contributed by atoms with E-state index in [2.05, 4.69) is 42.2 Å². The molecule has 9 atom stereocenters.